The average Bonchev–Trinajstić information content (AvgIpc) is 2.99. The number of rotatable bonds is 4. The van der Waals surface area contributed by atoms with Crippen LogP contribution in [0.4, 0.5) is 13.2 Å². The van der Waals surface area contributed by atoms with Crippen LogP contribution in [0, 0.1) is 6.92 Å². The molecule has 0 bridgehead atoms. The highest BCUT2D eigenvalue weighted by Gasteiger charge is 2.30. The van der Waals surface area contributed by atoms with Gasteiger partial charge in [-0.2, -0.15) is 23.3 Å². The second-order valence-electron chi connectivity index (χ2n) is 6.35. The van der Waals surface area contributed by atoms with Gasteiger partial charge in [0, 0.05) is 0 Å². The van der Waals surface area contributed by atoms with Crippen molar-refractivity contribution in [2.45, 2.75) is 33.0 Å². The van der Waals surface area contributed by atoms with Gasteiger partial charge in [0.15, 0.2) is 5.65 Å². The molecule has 5 nitrogen and oxygen atoms in total. The van der Waals surface area contributed by atoms with E-state index in [1.807, 2.05) is 13.8 Å². The number of methoxy groups -OCH3 is 1. The third kappa shape index (κ3) is 3.39. The summed E-state index contributed by atoms with van der Waals surface area (Å²) in [5.74, 6) is 0.898. The minimum Gasteiger partial charge on any atom is -0.480 e. The first-order valence-corrected chi connectivity index (χ1v) is 8.27. The van der Waals surface area contributed by atoms with E-state index >= 15 is 0 Å². The molecule has 142 valence electrons. The van der Waals surface area contributed by atoms with Crippen molar-refractivity contribution in [2.24, 2.45) is 0 Å². The lowest BCUT2D eigenvalue weighted by Gasteiger charge is -2.15. The highest BCUT2D eigenvalue weighted by Crippen LogP contribution is 2.34. The number of ether oxygens (including phenoxy) is 1. The lowest BCUT2D eigenvalue weighted by molar-refractivity contribution is -0.137. The molecule has 0 saturated heterocycles. The zero-order valence-corrected chi connectivity index (χ0v) is 15.4. The van der Waals surface area contributed by atoms with Gasteiger partial charge >= 0.3 is 6.18 Å². The second kappa shape index (κ2) is 6.68. The number of fused-ring (bicyclic) bond motifs is 1. The minimum atomic E-state index is -4.37. The lowest BCUT2D eigenvalue weighted by atomic mass is 10.1. The lowest BCUT2D eigenvalue weighted by Crippen LogP contribution is -2.11. The number of halogens is 3. The highest BCUT2D eigenvalue weighted by atomic mass is 19.4. The van der Waals surface area contributed by atoms with Gasteiger partial charge in [0.25, 0.3) is 0 Å². The zero-order chi connectivity index (χ0) is 19.9. The second-order valence-corrected chi connectivity index (χ2v) is 6.35. The van der Waals surface area contributed by atoms with Crippen molar-refractivity contribution in [1.82, 2.24) is 19.7 Å². The van der Waals surface area contributed by atoms with Crippen molar-refractivity contribution < 1.29 is 17.9 Å². The third-order valence-electron chi connectivity index (χ3n) is 4.31. The van der Waals surface area contributed by atoms with Gasteiger partial charge in [-0.05, 0) is 44.0 Å². The van der Waals surface area contributed by atoms with Crippen molar-refractivity contribution in [3.8, 4) is 5.88 Å². The van der Waals surface area contributed by atoms with Crippen LogP contribution in [0.1, 0.15) is 42.5 Å². The molecule has 0 amide bonds. The molecule has 1 aromatic carbocycles. The average molecular weight is 376 g/mol. The summed E-state index contributed by atoms with van der Waals surface area (Å²) in [4.78, 5) is 8.77. The smallest absolute Gasteiger partial charge is 0.416 e. The van der Waals surface area contributed by atoms with Gasteiger partial charge in [-0.3, -0.25) is 0 Å². The van der Waals surface area contributed by atoms with Crippen molar-refractivity contribution in [1.29, 1.82) is 0 Å². The summed E-state index contributed by atoms with van der Waals surface area (Å²) in [5.41, 5.74) is 1.84. The van der Waals surface area contributed by atoms with Gasteiger partial charge in [-0.25, -0.2) is 9.67 Å². The molecule has 0 N–H and O–H groups in total. The topological polar surface area (TPSA) is 52.8 Å². The van der Waals surface area contributed by atoms with E-state index in [2.05, 4.69) is 21.6 Å². The first-order valence-electron chi connectivity index (χ1n) is 8.27. The Morgan fingerprint density at radius 3 is 2.33 bits per heavy atom. The number of alkyl halides is 3. The van der Waals surface area contributed by atoms with Gasteiger partial charge in [0.1, 0.15) is 16.9 Å². The fourth-order valence-corrected chi connectivity index (χ4v) is 2.92. The van der Waals surface area contributed by atoms with E-state index in [9.17, 15) is 13.2 Å². The molecule has 0 radical (unpaired) electrons. The Morgan fingerprint density at radius 1 is 1.19 bits per heavy atom. The molecule has 1 atom stereocenters. The number of benzene rings is 1. The summed E-state index contributed by atoms with van der Waals surface area (Å²) in [6, 6.07) is 4.69. The van der Waals surface area contributed by atoms with Crippen LogP contribution in [-0.2, 0) is 6.18 Å². The van der Waals surface area contributed by atoms with E-state index in [1.165, 1.54) is 19.2 Å². The third-order valence-corrected chi connectivity index (χ3v) is 4.31. The molecule has 3 aromatic rings. The predicted molar refractivity (Wildman–Crippen MR) is 96.6 cm³/mol. The Morgan fingerprint density at radius 2 is 1.81 bits per heavy atom. The highest BCUT2D eigenvalue weighted by molar-refractivity contribution is 5.91. The summed E-state index contributed by atoms with van der Waals surface area (Å²) < 4.78 is 45.5. The Labute approximate surface area is 154 Å². The van der Waals surface area contributed by atoms with Crippen LogP contribution in [-0.4, -0.2) is 26.9 Å². The largest absolute Gasteiger partial charge is 0.480 e. The maximum Gasteiger partial charge on any atom is 0.416 e. The van der Waals surface area contributed by atoms with Crippen LogP contribution in [0.5, 0.6) is 5.88 Å². The van der Waals surface area contributed by atoms with E-state index < -0.39 is 11.7 Å². The molecule has 3 rings (SSSR count). The number of hydrogen-bond donors (Lipinski definition) is 0. The van der Waals surface area contributed by atoms with Crippen molar-refractivity contribution in [3.05, 3.63) is 53.5 Å². The summed E-state index contributed by atoms with van der Waals surface area (Å²) >= 11 is 0. The Bertz CT molecular complexity index is 1010. The quantitative estimate of drug-likeness (QED) is 0.656. The first-order chi connectivity index (χ1) is 12.6. The molecule has 0 aliphatic rings. The van der Waals surface area contributed by atoms with Crippen LogP contribution in [0.3, 0.4) is 0 Å². The Kier molecular flexibility index (Phi) is 4.67. The van der Waals surface area contributed by atoms with Crippen molar-refractivity contribution in [3.63, 3.8) is 0 Å². The number of allylic oxidation sites excluding steroid dienone is 1. The summed E-state index contributed by atoms with van der Waals surface area (Å²) in [7, 11) is 1.51. The fraction of sp³-hybridized carbons (Fsp3) is 0.316. The number of aryl methyl sites for hydroxylation is 1. The van der Waals surface area contributed by atoms with Crippen LogP contribution >= 0.6 is 0 Å². The van der Waals surface area contributed by atoms with Crippen LogP contribution < -0.4 is 4.74 Å². The van der Waals surface area contributed by atoms with E-state index in [-0.39, 0.29) is 6.04 Å². The minimum absolute atomic E-state index is 0.345. The number of hydrogen-bond acceptors (Lipinski definition) is 4. The normalized spacial score (nSPS) is 13.0. The molecule has 0 unspecified atom stereocenters. The molecular formula is C19H19F3N4O. The standard InChI is InChI=1S/C19H19F3N4O/c1-10(2)16-15-17(23-12(4)24-18(15)27-5)26(25-16)11(3)13-6-8-14(9-7-13)19(20,21)22/h6-9,11H,1H2,2-5H3/t11-/m0/s1. The molecule has 0 aliphatic heterocycles. The SMILES string of the molecule is C=C(C)c1nn([C@@H](C)c2ccc(C(F)(F)F)cc2)c2nc(C)nc(OC)c12. The Balaban J connectivity index is 2.16. The van der Waals surface area contributed by atoms with Crippen LogP contribution in [0.2, 0.25) is 0 Å². The van der Waals surface area contributed by atoms with E-state index in [0.717, 1.165) is 12.1 Å². The van der Waals surface area contributed by atoms with E-state index in [0.29, 0.717) is 39.6 Å². The maximum atomic E-state index is 12.8. The first kappa shape index (κ1) is 18.9. The maximum absolute atomic E-state index is 12.8. The van der Waals surface area contributed by atoms with E-state index in [1.54, 1.807) is 11.6 Å². The fourth-order valence-electron chi connectivity index (χ4n) is 2.92. The van der Waals surface area contributed by atoms with Gasteiger partial charge in [-0.15, -0.1) is 0 Å². The van der Waals surface area contributed by atoms with E-state index in [4.69, 9.17) is 4.74 Å². The molecule has 0 aliphatic carbocycles. The molecule has 2 heterocycles. The molecule has 2 aromatic heterocycles. The number of nitrogens with zero attached hydrogens (tertiary/aromatic N) is 4. The van der Waals surface area contributed by atoms with Gasteiger partial charge in [0.2, 0.25) is 5.88 Å². The molecule has 0 spiro atoms. The molecule has 0 saturated carbocycles. The van der Waals surface area contributed by atoms with Crippen LogP contribution in [0.25, 0.3) is 16.6 Å². The summed E-state index contributed by atoms with van der Waals surface area (Å²) in [6.07, 6.45) is -4.37. The molecule has 8 heteroatoms. The summed E-state index contributed by atoms with van der Waals surface area (Å²) in [5, 5.41) is 5.23. The molecule has 0 fully saturated rings. The van der Waals surface area contributed by atoms with Crippen molar-refractivity contribution in [2.75, 3.05) is 7.11 Å². The number of aromatic nitrogens is 4. The molecule has 27 heavy (non-hydrogen) atoms. The van der Waals surface area contributed by atoms with Gasteiger partial charge in [-0.1, -0.05) is 18.7 Å². The van der Waals surface area contributed by atoms with Gasteiger partial charge < -0.3 is 4.74 Å². The monoisotopic (exact) mass is 376 g/mol. The molecular weight excluding hydrogens is 357 g/mol. The van der Waals surface area contributed by atoms with Crippen molar-refractivity contribution >= 4 is 16.6 Å². The Hall–Kier alpha value is -2.90. The van der Waals surface area contributed by atoms with Crippen LogP contribution in [0.15, 0.2) is 30.8 Å². The van der Waals surface area contributed by atoms with Gasteiger partial charge in [0.05, 0.1) is 18.7 Å². The zero-order valence-electron chi connectivity index (χ0n) is 15.4. The predicted octanol–water partition coefficient (Wildman–Crippen LogP) is 4.80. The summed E-state index contributed by atoms with van der Waals surface area (Å²) in [6.45, 7) is 9.35.